The van der Waals surface area contributed by atoms with Crippen LogP contribution in [-0.4, -0.2) is 18.4 Å². The molecule has 1 aromatic heterocycles. The van der Waals surface area contributed by atoms with Gasteiger partial charge in [0.1, 0.15) is 0 Å². The first-order valence-corrected chi connectivity index (χ1v) is 8.27. The van der Waals surface area contributed by atoms with Gasteiger partial charge in [0.25, 0.3) is 0 Å². The second kappa shape index (κ2) is 7.90. The molecule has 0 N–H and O–H groups in total. The van der Waals surface area contributed by atoms with Gasteiger partial charge in [-0.2, -0.15) is 0 Å². The maximum absolute atomic E-state index is 12.1. The Kier molecular flexibility index (Phi) is 5.90. The van der Waals surface area contributed by atoms with Crippen LogP contribution >= 0.6 is 11.3 Å². The van der Waals surface area contributed by atoms with Crippen LogP contribution in [0.2, 0.25) is 0 Å². The molecule has 0 aliphatic rings. The molecule has 0 fully saturated rings. The molecule has 0 aliphatic heterocycles. The van der Waals surface area contributed by atoms with Gasteiger partial charge in [0.2, 0.25) is 0 Å². The molecule has 0 unspecified atom stereocenters. The normalized spacial score (nSPS) is 10.5. The van der Waals surface area contributed by atoms with Gasteiger partial charge < -0.3 is 4.74 Å². The number of thiophene rings is 1. The maximum atomic E-state index is 12.1. The van der Waals surface area contributed by atoms with Crippen LogP contribution in [0, 0.1) is 6.92 Å². The highest BCUT2D eigenvalue weighted by molar-refractivity contribution is 7.17. The van der Waals surface area contributed by atoms with Crippen molar-refractivity contribution >= 4 is 23.1 Å². The second-order valence-corrected chi connectivity index (χ2v) is 6.20. The molecule has 0 saturated carbocycles. The van der Waals surface area contributed by atoms with E-state index in [-0.39, 0.29) is 11.8 Å². The summed E-state index contributed by atoms with van der Waals surface area (Å²) < 4.78 is 4.85. The zero-order valence-electron chi connectivity index (χ0n) is 12.9. The molecular formula is C18H20O3S. The summed E-state index contributed by atoms with van der Waals surface area (Å²) in [6, 6.07) is 12.1. The molecule has 2 aromatic rings. The van der Waals surface area contributed by atoms with Gasteiger partial charge in [-0.15, -0.1) is 11.3 Å². The van der Waals surface area contributed by atoms with E-state index in [1.165, 1.54) is 16.9 Å². The van der Waals surface area contributed by atoms with E-state index in [0.717, 1.165) is 15.3 Å². The summed E-state index contributed by atoms with van der Waals surface area (Å²) in [5, 5.41) is 0. The van der Waals surface area contributed by atoms with Crippen LogP contribution in [0.3, 0.4) is 0 Å². The Morgan fingerprint density at radius 2 is 1.77 bits per heavy atom. The Morgan fingerprint density at radius 1 is 1.05 bits per heavy atom. The lowest BCUT2D eigenvalue weighted by molar-refractivity contribution is -0.143. The van der Waals surface area contributed by atoms with Crippen molar-refractivity contribution in [2.45, 2.75) is 33.1 Å². The quantitative estimate of drug-likeness (QED) is 0.552. The van der Waals surface area contributed by atoms with Crippen molar-refractivity contribution in [3.63, 3.8) is 0 Å². The lowest BCUT2D eigenvalue weighted by Crippen LogP contribution is -2.05. The van der Waals surface area contributed by atoms with Gasteiger partial charge in [0, 0.05) is 17.7 Å². The van der Waals surface area contributed by atoms with E-state index in [1.54, 1.807) is 6.92 Å². The van der Waals surface area contributed by atoms with Crippen molar-refractivity contribution in [1.29, 1.82) is 0 Å². The average molecular weight is 316 g/mol. The van der Waals surface area contributed by atoms with E-state index in [9.17, 15) is 9.59 Å². The molecule has 0 saturated heterocycles. The van der Waals surface area contributed by atoms with Crippen LogP contribution in [0.4, 0.5) is 0 Å². The number of Topliss-reactive ketones (excluding diaryl/α,β-unsaturated/α-hetero) is 1. The van der Waals surface area contributed by atoms with Crippen molar-refractivity contribution < 1.29 is 14.3 Å². The molecule has 3 nitrogen and oxygen atoms in total. The molecular weight excluding hydrogens is 296 g/mol. The summed E-state index contributed by atoms with van der Waals surface area (Å²) >= 11 is 1.50. The van der Waals surface area contributed by atoms with Gasteiger partial charge in [-0.25, -0.2) is 0 Å². The minimum atomic E-state index is -0.234. The number of carbonyl (C=O) groups excluding carboxylic acids is 2. The Bertz CT molecular complexity index is 641. The molecule has 1 heterocycles. The zero-order chi connectivity index (χ0) is 15.9. The molecule has 0 amide bonds. The second-order valence-electron chi connectivity index (χ2n) is 5.11. The Hall–Kier alpha value is -1.94. The predicted octanol–water partition coefficient (Wildman–Crippen LogP) is 4.64. The lowest BCUT2D eigenvalue weighted by atomic mass is 10.1. The summed E-state index contributed by atoms with van der Waals surface area (Å²) in [6.45, 7) is 4.22. The third-order valence-electron chi connectivity index (χ3n) is 3.31. The standard InChI is InChI=1S/C18H20O3S/c1-3-21-18(20)6-4-5-15(19)17-12-11-16(22-17)14-9-7-13(2)8-10-14/h7-12H,3-6H2,1-2H3. The highest BCUT2D eigenvalue weighted by Crippen LogP contribution is 2.29. The van der Waals surface area contributed by atoms with Crippen molar-refractivity contribution in [3.8, 4) is 10.4 Å². The first-order valence-electron chi connectivity index (χ1n) is 7.46. The molecule has 4 heteroatoms. The Balaban J connectivity index is 1.92. The molecule has 0 aliphatic carbocycles. The number of aryl methyl sites for hydroxylation is 1. The minimum Gasteiger partial charge on any atom is -0.466 e. The molecule has 116 valence electrons. The summed E-state index contributed by atoms with van der Waals surface area (Å²) in [7, 11) is 0. The fourth-order valence-corrected chi connectivity index (χ4v) is 3.09. The first kappa shape index (κ1) is 16.4. The molecule has 0 spiro atoms. The zero-order valence-corrected chi connectivity index (χ0v) is 13.7. The monoisotopic (exact) mass is 316 g/mol. The number of ether oxygens (including phenoxy) is 1. The fraction of sp³-hybridized carbons (Fsp3) is 0.333. The van der Waals surface area contributed by atoms with Crippen LogP contribution in [0.15, 0.2) is 36.4 Å². The van der Waals surface area contributed by atoms with Crippen LogP contribution < -0.4 is 0 Å². The van der Waals surface area contributed by atoms with E-state index in [4.69, 9.17) is 4.74 Å². The number of carbonyl (C=O) groups is 2. The summed E-state index contributed by atoms with van der Waals surface area (Å²) in [6.07, 6.45) is 1.22. The SMILES string of the molecule is CCOC(=O)CCCC(=O)c1ccc(-c2ccc(C)cc2)s1. The third-order valence-corrected chi connectivity index (χ3v) is 4.48. The van der Waals surface area contributed by atoms with Gasteiger partial charge in [-0.05, 0) is 38.0 Å². The molecule has 0 bridgehead atoms. The molecule has 1 aromatic carbocycles. The topological polar surface area (TPSA) is 43.4 Å². The predicted molar refractivity (Wildman–Crippen MR) is 89.3 cm³/mol. The van der Waals surface area contributed by atoms with Gasteiger partial charge in [0.15, 0.2) is 5.78 Å². The largest absolute Gasteiger partial charge is 0.466 e. The van der Waals surface area contributed by atoms with Crippen molar-refractivity contribution in [2.75, 3.05) is 6.61 Å². The van der Waals surface area contributed by atoms with E-state index in [2.05, 4.69) is 31.2 Å². The van der Waals surface area contributed by atoms with E-state index >= 15 is 0 Å². The molecule has 0 radical (unpaired) electrons. The summed E-state index contributed by atoms with van der Waals surface area (Å²) in [5.74, 6) is -0.144. The molecule has 22 heavy (non-hydrogen) atoms. The van der Waals surface area contributed by atoms with Gasteiger partial charge in [-0.1, -0.05) is 29.8 Å². The van der Waals surface area contributed by atoms with Gasteiger partial charge >= 0.3 is 5.97 Å². The number of rotatable bonds is 7. The molecule has 2 rings (SSSR count). The van der Waals surface area contributed by atoms with E-state index in [0.29, 0.717) is 25.9 Å². The fourth-order valence-electron chi connectivity index (χ4n) is 2.11. The average Bonchev–Trinajstić information content (AvgIpc) is 2.98. The Labute approximate surface area is 134 Å². The maximum Gasteiger partial charge on any atom is 0.305 e. The van der Waals surface area contributed by atoms with Crippen LogP contribution in [0.25, 0.3) is 10.4 Å². The van der Waals surface area contributed by atoms with E-state index in [1.807, 2.05) is 12.1 Å². The number of ketones is 1. The van der Waals surface area contributed by atoms with Crippen molar-refractivity contribution in [1.82, 2.24) is 0 Å². The van der Waals surface area contributed by atoms with Crippen LogP contribution in [-0.2, 0) is 9.53 Å². The Morgan fingerprint density at radius 3 is 2.45 bits per heavy atom. The third kappa shape index (κ3) is 4.53. The summed E-state index contributed by atoms with van der Waals surface area (Å²) in [5.41, 5.74) is 2.34. The van der Waals surface area contributed by atoms with E-state index < -0.39 is 0 Å². The highest BCUT2D eigenvalue weighted by atomic mass is 32.1. The van der Waals surface area contributed by atoms with Crippen LogP contribution in [0.1, 0.15) is 41.4 Å². The number of benzene rings is 1. The smallest absolute Gasteiger partial charge is 0.305 e. The van der Waals surface area contributed by atoms with Crippen molar-refractivity contribution in [3.05, 3.63) is 46.8 Å². The minimum absolute atomic E-state index is 0.0904. The number of hydrogen-bond acceptors (Lipinski definition) is 4. The number of esters is 1. The lowest BCUT2D eigenvalue weighted by Gasteiger charge is -2.01. The van der Waals surface area contributed by atoms with Gasteiger partial charge in [0.05, 0.1) is 11.5 Å². The van der Waals surface area contributed by atoms with Crippen molar-refractivity contribution in [2.24, 2.45) is 0 Å². The number of hydrogen-bond donors (Lipinski definition) is 0. The highest BCUT2D eigenvalue weighted by Gasteiger charge is 2.11. The van der Waals surface area contributed by atoms with Gasteiger partial charge in [-0.3, -0.25) is 9.59 Å². The van der Waals surface area contributed by atoms with Crippen LogP contribution in [0.5, 0.6) is 0 Å². The summed E-state index contributed by atoms with van der Waals surface area (Å²) in [4.78, 5) is 25.2. The molecule has 0 atom stereocenters. The first-order chi connectivity index (χ1) is 10.6.